The number of benzene rings is 1. The van der Waals surface area contributed by atoms with Gasteiger partial charge in [0, 0.05) is 10.7 Å². The molecule has 0 aliphatic rings. The van der Waals surface area contributed by atoms with Crippen LogP contribution in [0.3, 0.4) is 0 Å². The highest BCUT2D eigenvalue weighted by atomic mass is 79.9. The molecular formula is C10H7BrN2O3S. The molecule has 0 radical (unpaired) electrons. The molecule has 0 spiro atoms. The van der Waals surface area contributed by atoms with Crippen LogP contribution in [0.1, 0.15) is 0 Å². The van der Waals surface area contributed by atoms with E-state index in [-0.39, 0.29) is 9.79 Å². The smallest absolute Gasteiger partial charge is 0.267 e. The molecule has 5 nitrogen and oxygen atoms in total. The average Bonchev–Trinajstić information content (AvgIpc) is 2.29. The lowest BCUT2D eigenvalue weighted by atomic mass is 10.4. The third-order valence-corrected chi connectivity index (χ3v) is 4.90. The van der Waals surface area contributed by atoms with Crippen molar-refractivity contribution in [1.29, 1.82) is 0 Å². The molecule has 0 fully saturated rings. The molecule has 1 N–H and O–H groups in total. The summed E-state index contributed by atoms with van der Waals surface area (Å²) >= 11 is 3.15. The third-order valence-electron chi connectivity index (χ3n) is 2.11. The fraction of sp³-hybridized carbons (Fsp3) is 0. The van der Waals surface area contributed by atoms with Gasteiger partial charge < -0.3 is 0 Å². The van der Waals surface area contributed by atoms with Gasteiger partial charge in [-0.05, 0) is 34.1 Å². The van der Waals surface area contributed by atoms with Crippen molar-refractivity contribution in [1.82, 2.24) is 10.2 Å². The van der Waals surface area contributed by atoms with E-state index in [0.29, 0.717) is 4.47 Å². The van der Waals surface area contributed by atoms with Gasteiger partial charge >= 0.3 is 0 Å². The number of nitrogens with zero attached hydrogens (tertiary/aromatic N) is 1. The minimum Gasteiger partial charge on any atom is -0.267 e. The summed E-state index contributed by atoms with van der Waals surface area (Å²) in [6.07, 6.45) is 1.23. The van der Waals surface area contributed by atoms with Crippen LogP contribution >= 0.6 is 15.9 Å². The lowest BCUT2D eigenvalue weighted by Gasteiger charge is -2.04. The third kappa shape index (κ3) is 2.16. The summed E-state index contributed by atoms with van der Waals surface area (Å²) in [6.45, 7) is 0. The Morgan fingerprint density at radius 2 is 1.82 bits per heavy atom. The second-order valence-corrected chi connectivity index (χ2v) is 5.92. The molecular weight excluding hydrogens is 308 g/mol. The van der Waals surface area contributed by atoms with Gasteiger partial charge in [-0.25, -0.2) is 13.5 Å². The van der Waals surface area contributed by atoms with Gasteiger partial charge in [0.05, 0.1) is 4.90 Å². The minimum absolute atomic E-state index is 0.0525. The highest BCUT2D eigenvalue weighted by Crippen LogP contribution is 2.25. The largest absolute Gasteiger partial charge is 0.283 e. The summed E-state index contributed by atoms with van der Waals surface area (Å²) in [5, 5.41) is 5.56. The molecule has 1 aromatic carbocycles. The molecule has 0 atom stereocenters. The van der Waals surface area contributed by atoms with Gasteiger partial charge in [0.2, 0.25) is 9.84 Å². The topological polar surface area (TPSA) is 79.9 Å². The van der Waals surface area contributed by atoms with Crippen LogP contribution in [0, 0.1) is 0 Å². The van der Waals surface area contributed by atoms with E-state index in [1.807, 2.05) is 0 Å². The van der Waals surface area contributed by atoms with Crippen molar-refractivity contribution in [2.24, 2.45) is 0 Å². The zero-order chi connectivity index (χ0) is 12.5. The quantitative estimate of drug-likeness (QED) is 0.907. The second-order valence-electron chi connectivity index (χ2n) is 3.18. The summed E-state index contributed by atoms with van der Waals surface area (Å²) in [6, 6.07) is 7.49. The van der Waals surface area contributed by atoms with Gasteiger partial charge in [-0.1, -0.05) is 12.1 Å². The van der Waals surface area contributed by atoms with Crippen molar-refractivity contribution >= 4 is 25.8 Å². The molecule has 17 heavy (non-hydrogen) atoms. The molecule has 0 saturated heterocycles. The van der Waals surface area contributed by atoms with Crippen LogP contribution in [-0.4, -0.2) is 18.6 Å². The number of sulfone groups is 1. The summed E-state index contributed by atoms with van der Waals surface area (Å²) in [4.78, 5) is 11.2. The lowest BCUT2D eigenvalue weighted by Crippen LogP contribution is -2.18. The van der Waals surface area contributed by atoms with Gasteiger partial charge in [-0.3, -0.25) is 4.79 Å². The van der Waals surface area contributed by atoms with Gasteiger partial charge in [0.1, 0.15) is 4.90 Å². The van der Waals surface area contributed by atoms with Crippen LogP contribution in [-0.2, 0) is 9.84 Å². The van der Waals surface area contributed by atoms with E-state index < -0.39 is 15.4 Å². The normalized spacial score (nSPS) is 11.4. The predicted octanol–water partition coefficient (Wildman–Crippen LogP) is 1.37. The molecule has 0 aliphatic heterocycles. The highest BCUT2D eigenvalue weighted by molar-refractivity contribution is 9.10. The maximum absolute atomic E-state index is 12.2. The average molecular weight is 315 g/mol. The Labute approximate surface area is 106 Å². The van der Waals surface area contributed by atoms with Gasteiger partial charge in [-0.2, -0.15) is 5.10 Å². The molecule has 0 bridgehead atoms. The maximum Gasteiger partial charge on any atom is 0.283 e. The lowest BCUT2D eigenvalue weighted by molar-refractivity contribution is 0.593. The number of aromatic amines is 1. The van der Waals surface area contributed by atoms with Crippen LogP contribution in [0.5, 0.6) is 0 Å². The molecule has 0 saturated carbocycles. The van der Waals surface area contributed by atoms with Crippen LogP contribution < -0.4 is 5.56 Å². The Balaban J connectivity index is 2.72. The van der Waals surface area contributed by atoms with E-state index in [1.165, 1.54) is 18.3 Å². The fourth-order valence-electron chi connectivity index (χ4n) is 1.32. The van der Waals surface area contributed by atoms with Crippen LogP contribution in [0.25, 0.3) is 0 Å². The molecule has 88 valence electrons. The van der Waals surface area contributed by atoms with Crippen molar-refractivity contribution < 1.29 is 8.42 Å². The van der Waals surface area contributed by atoms with Crippen LogP contribution in [0.4, 0.5) is 0 Å². The molecule has 2 rings (SSSR count). The fourth-order valence-corrected chi connectivity index (χ4v) is 3.60. The van der Waals surface area contributed by atoms with E-state index in [0.717, 1.165) is 0 Å². The number of halogens is 1. The molecule has 0 aliphatic carbocycles. The first-order valence-corrected chi connectivity index (χ1v) is 6.84. The minimum atomic E-state index is -3.83. The van der Waals surface area contributed by atoms with E-state index in [1.54, 1.807) is 18.2 Å². The standard InChI is InChI=1S/C10H7BrN2O3S/c11-7-3-1-2-4-8(7)17(15,16)9-5-6-12-13-10(9)14/h1-6H,(H,13,14). The first-order valence-electron chi connectivity index (χ1n) is 4.57. The Bertz CT molecular complexity index is 709. The first kappa shape index (κ1) is 12.0. The Hall–Kier alpha value is -1.47. The van der Waals surface area contributed by atoms with Crippen LogP contribution in [0.15, 0.2) is 55.6 Å². The summed E-state index contributed by atoms with van der Waals surface area (Å²) in [5.74, 6) is 0. The van der Waals surface area contributed by atoms with Crippen molar-refractivity contribution in [2.45, 2.75) is 9.79 Å². The van der Waals surface area contributed by atoms with Gasteiger partial charge in [-0.15, -0.1) is 0 Å². The van der Waals surface area contributed by atoms with E-state index in [9.17, 15) is 13.2 Å². The number of nitrogens with one attached hydrogen (secondary N) is 1. The Kier molecular flexibility index (Phi) is 3.12. The number of rotatable bonds is 2. The second kappa shape index (κ2) is 4.42. The van der Waals surface area contributed by atoms with Gasteiger partial charge in [0.15, 0.2) is 0 Å². The number of hydrogen-bond acceptors (Lipinski definition) is 4. The summed E-state index contributed by atoms with van der Waals surface area (Å²) in [7, 11) is -3.83. The van der Waals surface area contributed by atoms with E-state index >= 15 is 0 Å². The zero-order valence-corrected chi connectivity index (χ0v) is 10.8. The van der Waals surface area contributed by atoms with Crippen molar-refractivity contribution in [3.05, 3.63) is 51.4 Å². The molecule has 1 heterocycles. The summed E-state index contributed by atoms with van der Waals surface area (Å²) < 4.78 is 24.8. The number of aromatic nitrogens is 2. The van der Waals surface area contributed by atoms with E-state index in [4.69, 9.17) is 0 Å². The van der Waals surface area contributed by atoms with Crippen molar-refractivity contribution in [2.75, 3.05) is 0 Å². The van der Waals surface area contributed by atoms with Crippen molar-refractivity contribution in [3.8, 4) is 0 Å². The monoisotopic (exact) mass is 314 g/mol. The summed E-state index contributed by atoms with van der Waals surface area (Å²) in [5.41, 5.74) is -0.733. The van der Waals surface area contributed by atoms with E-state index in [2.05, 4.69) is 26.1 Å². The molecule has 1 aromatic heterocycles. The first-order chi connectivity index (χ1) is 8.03. The van der Waals surface area contributed by atoms with Crippen molar-refractivity contribution in [3.63, 3.8) is 0 Å². The highest BCUT2D eigenvalue weighted by Gasteiger charge is 2.23. The van der Waals surface area contributed by atoms with Gasteiger partial charge in [0.25, 0.3) is 5.56 Å². The predicted molar refractivity (Wildman–Crippen MR) is 64.5 cm³/mol. The molecule has 7 heteroatoms. The molecule has 0 amide bonds. The maximum atomic E-state index is 12.2. The SMILES string of the molecule is O=c1[nH]nccc1S(=O)(=O)c1ccccc1Br. The Morgan fingerprint density at radius 1 is 1.12 bits per heavy atom. The Morgan fingerprint density at radius 3 is 2.47 bits per heavy atom. The number of hydrogen-bond donors (Lipinski definition) is 1. The molecule has 2 aromatic rings. The molecule has 0 unspecified atom stereocenters. The van der Waals surface area contributed by atoms with Crippen LogP contribution in [0.2, 0.25) is 0 Å². The zero-order valence-electron chi connectivity index (χ0n) is 8.42. The number of H-pyrrole nitrogens is 1.